The van der Waals surface area contributed by atoms with E-state index < -0.39 is 0 Å². The van der Waals surface area contributed by atoms with Crippen molar-refractivity contribution in [1.82, 2.24) is 10.6 Å². The van der Waals surface area contributed by atoms with E-state index in [-0.39, 0.29) is 5.91 Å². The van der Waals surface area contributed by atoms with Gasteiger partial charge < -0.3 is 10.6 Å². The lowest BCUT2D eigenvalue weighted by Crippen LogP contribution is -2.46. The number of carbonyl (C=O) groups is 1. The van der Waals surface area contributed by atoms with Crippen LogP contribution in [0.3, 0.4) is 0 Å². The molecule has 1 fully saturated rings. The number of carbonyl (C=O) groups excluding carboxylic acids is 1. The molecule has 1 heterocycles. The SMILES string of the molecule is CCSCc1ccc(C(=O)NC2CCNC(C)C2)cc1. The molecule has 1 aliphatic heterocycles. The summed E-state index contributed by atoms with van der Waals surface area (Å²) in [6.07, 6.45) is 2.03. The number of hydrogen-bond donors (Lipinski definition) is 2. The van der Waals surface area contributed by atoms with Crippen molar-refractivity contribution in [3.05, 3.63) is 35.4 Å². The third-order valence-corrected chi connectivity index (χ3v) is 4.59. The Morgan fingerprint density at radius 3 is 2.80 bits per heavy atom. The van der Waals surface area contributed by atoms with Gasteiger partial charge in [-0.15, -0.1) is 0 Å². The minimum atomic E-state index is 0.0544. The van der Waals surface area contributed by atoms with Crippen LogP contribution in [0, 0.1) is 0 Å². The molecule has 2 rings (SSSR count). The monoisotopic (exact) mass is 292 g/mol. The largest absolute Gasteiger partial charge is 0.349 e. The number of thioether (sulfide) groups is 1. The Hall–Kier alpha value is -1.00. The average molecular weight is 292 g/mol. The summed E-state index contributed by atoms with van der Waals surface area (Å²) in [6, 6.07) is 8.78. The van der Waals surface area contributed by atoms with E-state index in [2.05, 4.69) is 36.6 Å². The summed E-state index contributed by atoms with van der Waals surface area (Å²) in [7, 11) is 0. The number of rotatable bonds is 5. The highest BCUT2D eigenvalue weighted by Crippen LogP contribution is 2.14. The molecule has 3 nitrogen and oxygen atoms in total. The van der Waals surface area contributed by atoms with Crippen molar-refractivity contribution in [3.63, 3.8) is 0 Å². The molecule has 2 N–H and O–H groups in total. The number of nitrogens with one attached hydrogen (secondary N) is 2. The molecule has 0 bridgehead atoms. The lowest BCUT2D eigenvalue weighted by Gasteiger charge is -2.28. The van der Waals surface area contributed by atoms with Gasteiger partial charge in [0.05, 0.1) is 0 Å². The van der Waals surface area contributed by atoms with Gasteiger partial charge in [-0.25, -0.2) is 0 Å². The molecule has 0 saturated carbocycles. The summed E-state index contributed by atoms with van der Waals surface area (Å²) >= 11 is 1.90. The van der Waals surface area contributed by atoms with Gasteiger partial charge in [0.15, 0.2) is 0 Å². The fourth-order valence-electron chi connectivity index (χ4n) is 2.50. The van der Waals surface area contributed by atoms with E-state index in [9.17, 15) is 4.79 Å². The predicted octanol–water partition coefficient (Wildman–Crippen LogP) is 2.81. The molecule has 1 saturated heterocycles. The molecule has 0 radical (unpaired) electrons. The smallest absolute Gasteiger partial charge is 0.251 e. The average Bonchev–Trinajstić information content (AvgIpc) is 2.45. The van der Waals surface area contributed by atoms with E-state index in [1.807, 2.05) is 23.9 Å². The van der Waals surface area contributed by atoms with Gasteiger partial charge in [0.1, 0.15) is 0 Å². The molecule has 0 aliphatic carbocycles. The van der Waals surface area contributed by atoms with E-state index in [0.717, 1.165) is 36.5 Å². The zero-order chi connectivity index (χ0) is 14.4. The van der Waals surface area contributed by atoms with Gasteiger partial charge in [-0.3, -0.25) is 4.79 Å². The van der Waals surface area contributed by atoms with Gasteiger partial charge in [-0.1, -0.05) is 19.1 Å². The number of benzene rings is 1. The van der Waals surface area contributed by atoms with Crippen LogP contribution in [0.15, 0.2) is 24.3 Å². The molecule has 0 spiro atoms. The minimum absolute atomic E-state index is 0.0544. The van der Waals surface area contributed by atoms with Crippen molar-refractivity contribution in [2.24, 2.45) is 0 Å². The first kappa shape index (κ1) is 15.4. The van der Waals surface area contributed by atoms with Gasteiger partial charge in [-0.2, -0.15) is 11.8 Å². The van der Waals surface area contributed by atoms with E-state index in [0.29, 0.717) is 12.1 Å². The normalized spacial score (nSPS) is 22.5. The van der Waals surface area contributed by atoms with E-state index in [4.69, 9.17) is 0 Å². The Morgan fingerprint density at radius 1 is 1.40 bits per heavy atom. The molecule has 0 aromatic heterocycles. The summed E-state index contributed by atoms with van der Waals surface area (Å²) in [4.78, 5) is 12.2. The fraction of sp³-hybridized carbons (Fsp3) is 0.562. The van der Waals surface area contributed by atoms with Crippen LogP contribution >= 0.6 is 11.8 Å². The Kier molecular flexibility index (Phi) is 5.92. The first-order valence-electron chi connectivity index (χ1n) is 7.40. The second-order valence-corrected chi connectivity index (χ2v) is 6.66. The zero-order valence-corrected chi connectivity index (χ0v) is 13.1. The minimum Gasteiger partial charge on any atom is -0.349 e. The molecular formula is C16H24N2OS. The molecule has 1 aromatic carbocycles. The standard InChI is InChI=1S/C16H24N2OS/c1-3-20-11-13-4-6-14(7-5-13)16(19)18-15-8-9-17-12(2)10-15/h4-7,12,15,17H,3,8-11H2,1-2H3,(H,18,19). The Labute approximate surface area is 125 Å². The van der Waals surface area contributed by atoms with Crippen molar-refractivity contribution >= 4 is 17.7 Å². The topological polar surface area (TPSA) is 41.1 Å². The first-order valence-corrected chi connectivity index (χ1v) is 8.55. The molecule has 110 valence electrons. The highest BCUT2D eigenvalue weighted by molar-refractivity contribution is 7.98. The number of amides is 1. The molecule has 1 aromatic rings. The number of piperidine rings is 1. The Bertz CT molecular complexity index is 433. The maximum atomic E-state index is 12.2. The molecule has 2 atom stereocenters. The summed E-state index contributed by atoms with van der Waals surface area (Å²) in [5.74, 6) is 2.19. The maximum absolute atomic E-state index is 12.2. The van der Waals surface area contributed by atoms with E-state index in [1.54, 1.807) is 0 Å². The van der Waals surface area contributed by atoms with Gasteiger partial charge in [0, 0.05) is 23.4 Å². The van der Waals surface area contributed by atoms with E-state index in [1.165, 1.54) is 5.56 Å². The Morgan fingerprint density at radius 2 is 2.15 bits per heavy atom. The van der Waals surface area contributed by atoms with Crippen LogP contribution in [-0.2, 0) is 5.75 Å². The predicted molar refractivity (Wildman–Crippen MR) is 86.2 cm³/mol. The zero-order valence-electron chi connectivity index (χ0n) is 12.3. The first-order chi connectivity index (χ1) is 9.69. The van der Waals surface area contributed by atoms with Crippen LogP contribution in [0.2, 0.25) is 0 Å². The van der Waals surface area contributed by atoms with Crippen molar-refractivity contribution in [1.29, 1.82) is 0 Å². The van der Waals surface area contributed by atoms with Crippen molar-refractivity contribution < 1.29 is 4.79 Å². The molecule has 4 heteroatoms. The van der Waals surface area contributed by atoms with Gasteiger partial charge in [0.2, 0.25) is 0 Å². The highest BCUT2D eigenvalue weighted by atomic mass is 32.2. The summed E-state index contributed by atoms with van der Waals surface area (Å²) < 4.78 is 0. The second-order valence-electron chi connectivity index (χ2n) is 5.38. The lowest BCUT2D eigenvalue weighted by molar-refractivity contribution is 0.0925. The quantitative estimate of drug-likeness (QED) is 0.877. The molecule has 2 unspecified atom stereocenters. The summed E-state index contributed by atoms with van der Waals surface area (Å²) in [5.41, 5.74) is 2.05. The van der Waals surface area contributed by atoms with Gasteiger partial charge in [-0.05, 0) is 49.8 Å². The molecule has 20 heavy (non-hydrogen) atoms. The molecular weight excluding hydrogens is 268 g/mol. The van der Waals surface area contributed by atoms with Crippen molar-refractivity contribution in [2.45, 2.75) is 44.5 Å². The van der Waals surface area contributed by atoms with E-state index >= 15 is 0 Å². The number of hydrogen-bond acceptors (Lipinski definition) is 3. The fourth-order valence-corrected chi connectivity index (χ4v) is 3.14. The van der Waals surface area contributed by atoms with Crippen LogP contribution in [0.4, 0.5) is 0 Å². The van der Waals surface area contributed by atoms with Crippen molar-refractivity contribution in [2.75, 3.05) is 12.3 Å². The summed E-state index contributed by atoms with van der Waals surface area (Å²) in [6.45, 7) is 5.31. The third-order valence-electron chi connectivity index (χ3n) is 3.65. The highest BCUT2D eigenvalue weighted by Gasteiger charge is 2.20. The van der Waals surface area contributed by atoms with Crippen LogP contribution in [-0.4, -0.2) is 30.3 Å². The van der Waals surface area contributed by atoms with Crippen molar-refractivity contribution in [3.8, 4) is 0 Å². The van der Waals surface area contributed by atoms with Gasteiger partial charge in [0.25, 0.3) is 5.91 Å². The second kappa shape index (κ2) is 7.70. The maximum Gasteiger partial charge on any atom is 0.251 e. The Balaban J connectivity index is 1.88. The summed E-state index contributed by atoms with van der Waals surface area (Å²) in [5, 5.41) is 6.54. The van der Waals surface area contributed by atoms with Gasteiger partial charge >= 0.3 is 0 Å². The third kappa shape index (κ3) is 4.53. The van der Waals surface area contributed by atoms with Crippen LogP contribution < -0.4 is 10.6 Å². The molecule has 1 amide bonds. The lowest BCUT2D eigenvalue weighted by atomic mass is 10.00. The molecule has 1 aliphatic rings. The van der Waals surface area contributed by atoms with Crippen LogP contribution in [0.5, 0.6) is 0 Å². The van der Waals surface area contributed by atoms with Crippen LogP contribution in [0.1, 0.15) is 42.6 Å². The van der Waals surface area contributed by atoms with Crippen LogP contribution in [0.25, 0.3) is 0 Å².